The zero-order chi connectivity index (χ0) is 18.2. The molecule has 3 rings (SSSR count). The van der Waals surface area contributed by atoms with Crippen LogP contribution in [0.1, 0.15) is 29.2 Å². The van der Waals surface area contributed by atoms with Gasteiger partial charge in [0.05, 0.1) is 11.8 Å². The van der Waals surface area contributed by atoms with E-state index in [1.165, 1.54) is 12.1 Å². The number of hydrogen-bond donors (Lipinski definition) is 1. The van der Waals surface area contributed by atoms with Crippen molar-refractivity contribution in [1.29, 1.82) is 0 Å². The molecule has 134 valence electrons. The molecule has 2 aromatic rings. The summed E-state index contributed by atoms with van der Waals surface area (Å²) < 4.78 is 69.3. The summed E-state index contributed by atoms with van der Waals surface area (Å²) in [6, 6.07) is 9.87. The van der Waals surface area contributed by atoms with Crippen LogP contribution in [0.3, 0.4) is 0 Å². The lowest BCUT2D eigenvalue weighted by Crippen LogP contribution is -2.11. The van der Waals surface area contributed by atoms with Gasteiger partial charge in [0.2, 0.25) is 10.0 Å². The maximum atomic E-state index is 12.8. The van der Waals surface area contributed by atoms with Gasteiger partial charge in [0.15, 0.2) is 0 Å². The largest absolute Gasteiger partial charge is 0.486 e. The van der Waals surface area contributed by atoms with Crippen LogP contribution in [0.5, 0.6) is 5.75 Å². The van der Waals surface area contributed by atoms with E-state index in [2.05, 4.69) is 4.72 Å². The molecule has 2 aromatic carbocycles. The number of halogens is 3. The molecule has 0 aliphatic heterocycles. The van der Waals surface area contributed by atoms with E-state index >= 15 is 0 Å². The lowest BCUT2D eigenvalue weighted by atomic mass is 10.1. The summed E-state index contributed by atoms with van der Waals surface area (Å²) in [6.07, 6.45) is -2.46. The van der Waals surface area contributed by atoms with E-state index in [4.69, 9.17) is 4.74 Å². The fourth-order valence-corrected chi connectivity index (χ4v) is 3.43. The molecule has 1 unspecified atom stereocenters. The minimum Gasteiger partial charge on any atom is -0.486 e. The van der Waals surface area contributed by atoms with E-state index < -0.39 is 27.9 Å². The summed E-state index contributed by atoms with van der Waals surface area (Å²) in [5, 5.41) is 0. The molecule has 8 heteroatoms. The normalized spacial score (nSPS) is 17.2. The Labute approximate surface area is 143 Å². The van der Waals surface area contributed by atoms with Gasteiger partial charge < -0.3 is 4.74 Å². The first kappa shape index (κ1) is 17.6. The number of benzene rings is 2. The Balaban J connectivity index is 1.84. The van der Waals surface area contributed by atoms with E-state index in [0.717, 1.165) is 35.9 Å². The van der Waals surface area contributed by atoms with Crippen LogP contribution in [-0.4, -0.2) is 14.7 Å². The van der Waals surface area contributed by atoms with Crippen LogP contribution in [0.25, 0.3) is 0 Å². The molecular formula is C17H16F3NO3S. The molecule has 1 atom stereocenters. The maximum Gasteiger partial charge on any atom is 0.416 e. The van der Waals surface area contributed by atoms with Gasteiger partial charge in [-0.15, -0.1) is 0 Å². The van der Waals surface area contributed by atoms with Crippen LogP contribution in [0, 0.1) is 0 Å². The topological polar surface area (TPSA) is 55.4 Å². The zero-order valence-electron chi connectivity index (χ0n) is 13.3. The van der Waals surface area contributed by atoms with Crippen LogP contribution in [0.15, 0.2) is 42.5 Å². The molecule has 0 saturated carbocycles. The number of sulfonamides is 1. The second-order valence-electron chi connectivity index (χ2n) is 5.96. The minimum absolute atomic E-state index is 0.133. The van der Waals surface area contributed by atoms with Gasteiger partial charge in [0.25, 0.3) is 0 Å². The lowest BCUT2D eigenvalue weighted by molar-refractivity contribution is -0.137. The van der Waals surface area contributed by atoms with E-state index in [9.17, 15) is 21.6 Å². The van der Waals surface area contributed by atoms with E-state index in [-0.39, 0.29) is 5.75 Å². The third-order valence-electron chi connectivity index (χ3n) is 3.91. The molecule has 0 aromatic heterocycles. The molecular weight excluding hydrogens is 355 g/mol. The first-order valence-electron chi connectivity index (χ1n) is 7.56. The number of hydrogen-bond acceptors (Lipinski definition) is 3. The SMILES string of the molecule is CS(=O)(=O)Nc1ccc2c(c1)C(Oc1cccc(C(F)(F)F)c1)CC2. The van der Waals surface area contributed by atoms with Crippen LogP contribution in [0.2, 0.25) is 0 Å². The summed E-state index contributed by atoms with van der Waals surface area (Å²) >= 11 is 0. The molecule has 0 radical (unpaired) electrons. The first-order chi connectivity index (χ1) is 11.6. The quantitative estimate of drug-likeness (QED) is 0.879. The number of anilines is 1. The van der Waals surface area contributed by atoms with E-state index in [1.54, 1.807) is 18.2 Å². The Hall–Kier alpha value is -2.22. The van der Waals surface area contributed by atoms with Crippen molar-refractivity contribution in [3.8, 4) is 5.75 Å². The molecule has 0 saturated heterocycles. The van der Waals surface area contributed by atoms with Gasteiger partial charge in [-0.05, 0) is 54.3 Å². The second kappa shape index (κ2) is 6.25. The Morgan fingerprint density at radius 2 is 1.92 bits per heavy atom. The van der Waals surface area contributed by atoms with Crippen molar-refractivity contribution in [2.24, 2.45) is 0 Å². The number of aryl methyl sites for hydroxylation is 1. The third-order valence-corrected chi connectivity index (χ3v) is 4.52. The first-order valence-corrected chi connectivity index (χ1v) is 9.45. The molecule has 0 amide bonds. The highest BCUT2D eigenvalue weighted by atomic mass is 32.2. The fraction of sp³-hybridized carbons (Fsp3) is 0.294. The molecule has 0 heterocycles. The summed E-state index contributed by atoms with van der Waals surface area (Å²) in [6.45, 7) is 0. The summed E-state index contributed by atoms with van der Waals surface area (Å²) in [7, 11) is -3.41. The number of alkyl halides is 3. The Morgan fingerprint density at radius 1 is 1.16 bits per heavy atom. The number of fused-ring (bicyclic) bond motifs is 1. The molecule has 1 aliphatic rings. The Bertz CT molecular complexity index is 894. The van der Waals surface area contributed by atoms with Crippen LogP contribution >= 0.6 is 0 Å². The average Bonchev–Trinajstić information content (AvgIpc) is 2.88. The number of ether oxygens (including phenoxy) is 1. The van der Waals surface area contributed by atoms with Crippen LogP contribution < -0.4 is 9.46 Å². The van der Waals surface area contributed by atoms with Gasteiger partial charge in [0, 0.05) is 5.69 Å². The molecule has 0 fully saturated rings. The highest BCUT2D eigenvalue weighted by molar-refractivity contribution is 7.92. The monoisotopic (exact) mass is 371 g/mol. The van der Waals surface area contributed by atoms with Crippen molar-refractivity contribution in [2.45, 2.75) is 25.1 Å². The minimum atomic E-state index is -4.43. The van der Waals surface area contributed by atoms with Crippen molar-refractivity contribution in [3.63, 3.8) is 0 Å². The van der Waals surface area contributed by atoms with Crippen molar-refractivity contribution in [1.82, 2.24) is 0 Å². The lowest BCUT2D eigenvalue weighted by Gasteiger charge is -2.17. The van der Waals surface area contributed by atoms with Gasteiger partial charge >= 0.3 is 6.18 Å². The van der Waals surface area contributed by atoms with E-state index in [0.29, 0.717) is 12.1 Å². The molecule has 0 spiro atoms. The van der Waals surface area contributed by atoms with Crippen molar-refractivity contribution < 1.29 is 26.3 Å². The van der Waals surface area contributed by atoms with E-state index in [1.807, 2.05) is 0 Å². The predicted molar refractivity (Wildman–Crippen MR) is 88.0 cm³/mol. The van der Waals surface area contributed by atoms with Crippen molar-refractivity contribution >= 4 is 15.7 Å². The smallest absolute Gasteiger partial charge is 0.416 e. The van der Waals surface area contributed by atoms with Crippen molar-refractivity contribution in [3.05, 3.63) is 59.2 Å². The highest BCUT2D eigenvalue weighted by Gasteiger charge is 2.31. The highest BCUT2D eigenvalue weighted by Crippen LogP contribution is 2.38. The van der Waals surface area contributed by atoms with Gasteiger partial charge in [0.1, 0.15) is 11.9 Å². The molecule has 25 heavy (non-hydrogen) atoms. The van der Waals surface area contributed by atoms with Gasteiger partial charge in [-0.2, -0.15) is 13.2 Å². The molecule has 1 N–H and O–H groups in total. The Morgan fingerprint density at radius 3 is 2.60 bits per heavy atom. The summed E-state index contributed by atoms with van der Waals surface area (Å²) in [5.74, 6) is 0.133. The Kier molecular flexibility index (Phi) is 4.40. The predicted octanol–water partition coefficient (Wildman–Crippen LogP) is 4.14. The van der Waals surface area contributed by atoms with Crippen molar-refractivity contribution in [2.75, 3.05) is 11.0 Å². The zero-order valence-corrected chi connectivity index (χ0v) is 14.1. The van der Waals surface area contributed by atoms with Crippen LogP contribution in [0.4, 0.5) is 18.9 Å². The van der Waals surface area contributed by atoms with Crippen LogP contribution in [-0.2, 0) is 22.6 Å². The molecule has 0 bridgehead atoms. The second-order valence-corrected chi connectivity index (χ2v) is 7.71. The average molecular weight is 371 g/mol. The third kappa shape index (κ3) is 4.25. The maximum absolute atomic E-state index is 12.8. The number of nitrogens with one attached hydrogen (secondary N) is 1. The fourth-order valence-electron chi connectivity index (χ4n) is 2.87. The van der Waals surface area contributed by atoms with Gasteiger partial charge in [-0.25, -0.2) is 8.42 Å². The standard InChI is InChI=1S/C17H16F3NO3S/c1-25(22,23)21-13-7-5-11-6-8-16(15(11)10-13)24-14-4-2-3-12(9-14)17(18,19)20/h2-5,7,9-10,16,21H,6,8H2,1H3. The summed E-state index contributed by atoms with van der Waals surface area (Å²) in [5.41, 5.74) is 1.42. The van der Waals surface area contributed by atoms with Gasteiger partial charge in [-0.1, -0.05) is 12.1 Å². The summed E-state index contributed by atoms with van der Waals surface area (Å²) in [4.78, 5) is 0. The molecule has 4 nitrogen and oxygen atoms in total. The number of rotatable bonds is 4. The molecule has 1 aliphatic carbocycles. The van der Waals surface area contributed by atoms with Gasteiger partial charge in [-0.3, -0.25) is 4.72 Å².